The molecule has 0 bridgehead atoms. The van der Waals surface area contributed by atoms with Crippen molar-refractivity contribution in [2.24, 2.45) is 5.92 Å². The smallest absolute Gasteiger partial charge is 0.161 e. The van der Waals surface area contributed by atoms with Gasteiger partial charge in [0.1, 0.15) is 0 Å². The van der Waals surface area contributed by atoms with E-state index in [0.29, 0.717) is 11.7 Å². The van der Waals surface area contributed by atoms with Crippen LogP contribution in [0, 0.1) is 5.92 Å². The first-order valence-corrected chi connectivity index (χ1v) is 6.82. The molecule has 2 heteroatoms. The van der Waals surface area contributed by atoms with Gasteiger partial charge in [-0.2, -0.15) is 0 Å². The lowest BCUT2D eigenvalue weighted by Gasteiger charge is -2.23. The Morgan fingerprint density at radius 3 is 2.69 bits per heavy atom. The molecule has 1 N–H and O–H groups in total. The van der Waals surface area contributed by atoms with Crippen LogP contribution < -0.4 is 5.32 Å². The van der Waals surface area contributed by atoms with Crippen molar-refractivity contribution in [3.05, 3.63) is 11.6 Å². The van der Waals surface area contributed by atoms with Crippen molar-refractivity contribution in [1.82, 2.24) is 5.32 Å². The van der Waals surface area contributed by atoms with Crippen LogP contribution >= 0.6 is 0 Å². The molecule has 2 rings (SSSR count). The second kappa shape index (κ2) is 6.19. The maximum Gasteiger partial charge on any atom is 0.161 e. The number of carbonyl (C=O) groups is 1. The van der Waals surface area contributed by atoms with Gasteiger partial charge in [0.2, 0.25) is 0 Å². The van der Waals surface area contributed by atoms with Gasteiger partial charge in [-0.3, -0.25) is 4.79 Å². The van der Waals surface area contributed by atoms with Gasteiger partial charge in [-0.15, -0.1) is 0 Å². The van der Waals surface area contributed by atoms with Crippen LogP contribution in [0.1, 0.15) is 51.4 Å². The minimum Gasteiger partial charge on any atom is -0.317 e. The van der Waals surface area contributed by atoms with Gasteiger partial charge < -0.3 is 5.32 Å². The molecule has 0 atom stereocenters. The highest BCUT2D eigenvalue weighted by atomic mass is 16.1. The summed E-state index contributed by atoms with van der Waals surface area (Å²) in [4.78, 5) is 12.3. The second-order valence-electron chi connectivity index (χ2n) is 5.07. The summed E-state index contributed by atoms with van der Waals surface area (Å²) in [5.74, 6) is 0.773. The van der Waals surface area contributed by atoms with Gasteiger partial charge in [0.15, 0.2) is 5.78 Å². The molecule has 90 valence electrons. The summed E-state index contributed by atoms with van der Waals surface area (Å²) in [5.41, 5.74) is 1.14. The first-order valence-electron chi connectivity index (χ1n) is 6.82. The van der Waals surface area contributed by atoms with E-state index in [1.165, 1.54) is 25.7 Å². The lowest BCUT2D eigenvalue weighted by Crippen LogP contribution is -2.32. The molecule has 1 heterocycles. The number of carbonyl (C=O) groups excluding carboxylic acids is 1. The topological polar surface area (TPSA) is 29.1 Å². The Labute approximate surface area is 98.5 Å². The number of nitrogens with one attached hydrogen (secondary N) is 1. The number of ketones is 1. The molecule has 1 aliphatic carbocycles. The highest BCUT2D eigenvalue weighted by Gasteiger charge is 2.23. The van der Waals surface area contributed by atoms with Crippen LogP contribution in [0.3, 0.4) is 0 Å². The normalized spacial score (nSPS) is 24.4. The van der Waals surface area contributed by atoms with Gasteiger partial charge in [0.25, 0.3) is 0 Å². The summed E-state index contributed by atoms with van der Waals surface area (Å²) >= 11 is 0. The molecule has 0 spiro atoms. The Hall–Kier alpha value is -0.630. The third-order valence-electron chi connectivity index (χ3n) is 3.82. The molecule has 0 amide bonds. The van der Waals surface area contributed by atoms with Crippen LogP contribution in [0.25, 0.3) is 0 Å². The fourth-order valence-corrected chi connectivity index (χ4v) is 2.76. The second-order valence-corrected chi connectivity index (χ2v) is 5.07. The molecule has 1 aliphatic heterocycles. The molecule has 0 aromatic carbocycles. The predicted octanol–water partition coefficient (Wildman–Crippen LogP) is 2.84. The van der Waals surface area contributed by atoms with Crippen LogP contribution in [-0.2, 0) is 4.79 Å². The molecule has 1 fully saturated rings. The van der Waals surface area contributed by atoms with Gasteiger partial charge in [-0.25, -0.2) is 0 Å². The van der Waals surface area contributed by atoms with E-state index >= 15 is 0 Å². The van der Waals surface area contributed by atoms with E-state index in [0.717, 1.165) is 44.3 Å². The summed E-state index contributed by atoms with van der Waals surface area (Å²) in [7, 11) is 0. The van der Waals surface area contributed by atoms with Gasteiger partial charge in [0, 0.05) is 5.92 Å². The summed E-state index contributed by atoms with van der Waals surface area (Å²) in [6.07, 6.45) is 11.6. The van der Waals surface area contributed by atoms with E-state index in [1.807, 2.05) is 0 Å². The highest BCUT2D eigenvalue weighted by Crippen LogP contribution is 2.23. The zero-order chi connectivity index (χ0) is 11.2. The molecular weight excluding hydrogens is 198 g/mol. The van der Waals surface area contributed by atoms with Gasteiger partial charge in [0.05, 0.1) is 0 Å². The molecule has 0 aromatic rings. The predicted molar refractivity (Wildman–Crippen MR) is 66.4 cm³/mol. The fourth-order valence-electron chi connectivity index (χ4n) is 2.76. The summed E-state index contributed by atoms with van der Waals surface area (Å²) in [5, 5.41) is 3.32. The lowest BCUT2D eigenvalue weighted by atomic mass is 9.86. The Kier molecular flexibility index (Phi) is 4.58. The minimum absolute atomic E-state index is 0.312. The monoisotopic (exact) mass is 221 g/mol. The molecule has 0 radical (unpaired) electrons. The minimum atomic E-state index is 0.312. The van der Waals surface area contributed by atoms with Gasteiger partial charge in [-0.05, 0) is 57.2 Å². The largest absolute Gasteiger partial charge is 0.317 e. The summed E-state index contributed by atoms with van der Waals surface area (Å²) in [6, 6.07) is 0. The SMILES string of the molecule is O=C(C1=CCCCCCC1)C1CCNCC1. The standard InChI is InChI=1S/C14H23NO/c16-14(13-8-10-15-11-9-13)12-6-4-2-1-3-5-7-12/h6,13,15H,1-5,7-11H2. The molecule has 1 saturated heterocycles. The third kappa shape index (κ3) is 3.18. The average Bonchev–Trinajstić information content (AvgIpc) is 2.29. The quantitative estimate of drug-likeness (QED) is 0.777. The average molecular weight is 221 g/mol. The third-order valence-corrected chi connectivity index (χ3v) is 3.82. The maximum atomic E-state index is 12.3. The number of Topliss-reactive ketones (excluding diaryl/α,β-unsaturated/α-hetero) is 1. The van der Waals surface area contributed by atoms with E-state index in [4.69, 9.17) is 0 Å². The number of allylic oxidation sites excluding steroid dienone is 2. The number of piperidine rings is 1. The Morgan fingerprint density at radius 1 is 1.12 bits per heavy atom. The van der Waals surface area contributed by atoms with Crippen molar-refractivity contribution in [2.75, 3.05) is 13.1 Å². The van der Waals surface area contributed by atoms with Gasteiger partial charge >= 0.3 is 0 Å². The highest BCUT2D eigenvalue weighted by molar-refractivity contribution is 5.97. The van der Waals surface area contributed by atoms with Crippen molar-refractivity contribution >= 4 is 5.78 Å². The van der Waals surface area contributed by atoms with Crippen LogP contribution in [0.2, 0.25) is 0 Å². The molecule has 0 aromatic heterocycles. The number of hydrogen-bond acceptors (Lipinski definition) is 2. The molecule has 2 nitrogen and oxygen atoms in total. The van der Waals surface area contributed by atoms with Crippen molar-refractivity contribution in [1.29, 1.82) is 0 Å². The first-order chi connectivity index (χ1) is 7.88. The molecule has 2 aliphatic rings. The van der Waals surface area contributed by atoms with Crippen LogP contribution in [0.4, 0.5) is 0 Å². The van der Waals surface area contributed by atoms with Crippen molar-refractivity contribution in [3.63, 3.8) is 0 Å². The Bertz CT molecular complexity index is 264. The van der Waals surface area contributed by atoms with Crippen LogP contribution in [0.15, 0.2) is 11.6 Å². The van der Waals surface area contributed by atoms with E-state index < -0.39 is 0 Å². The summed E-state index contributed by atoms with van der Waals surface area (Å²) < 4.78 is 0. The number of hydrogen-bond donors (Lipinski definition) is 1. The number of rotatable bonds is 2. The van der Waals surface area contributed by atoms with Crippen molar-refractivity contribution in [3.8, 4) is 0 Å². The van der Waals surface area contributed by atoms with E-state index in [2.05, 4.69) is 11.4 Å². The molecule has 16 heavy (non-hydrogen) atoms. The van der Waals surface area contributed by atoms with Crippen molar-refractivity contribution in [2.45, 2.75) is 51.4 Å². The molecule has 0 saturated carbocycles. The first kappa shape index (κ1) is 11.8. The van der Waals surface area contributed by atoms with Crippen LogP contribution in [0.5, 0.6) is 0 Å². The van der Waals surface area contributed by atoms with E-state index in [9.17, 15) is 4.79 Å². The molecular formula is C14H23NO. The maximum absolute atomic E-state index is 12.3. The van der Waals surface area contributed by atoms with Crippen LogP contribution in [-0.4, -0.2) is 18.9 Å². The van der Waals surface area contributed by atoms with Crippen molar-refractivity contribution < 1.29 is 4.79 Å². The van der Waals surface area contributed by atoms with E-state index in [1.54, 1.807) is 0 Å². The Balaban J connectivity index is 1.95. The van der Waals surface area contributed by atoms with Gasteiger partial charge in [-0.1, -0.05) is 18.9 Å². The molecule has 0 unspecified atom stereocenters. The zero-order valence-corrected chi connectivity index (χ0v) is 10.1. The Morgan fingerprint density at radius 2 is 1.88 bits per heavy atom. The lowest BCUT2D eigenvalue weighted by molar-refractivity contribution is -0.120. The zero-order valence-electron chi connectivity index (χ0n) is 10.1. The summed E-state index contributed by atoms with van der Waals surface area (Å²) in [6.45, 7) is 2.04. The van der Waals surface area contributed by atoms with E-state index in [-0.39, 0.29) is 0 Å². The fraction of sp³-hybridized carbons (Fsp3) is 0.786.